The number of nitrogens with one attached hydrogen (secondary N) is 1. The minimum Gasteiger partial charge on any atom is -0.497 e. The molecule has 4 nitrogen and oxygen atoms in total. The predicted molar refractivity (Wildman–Crippen MR) is 101 cm³/mol. The molecule has 1 N–H and O–H groups in total. The second-order valence-electron chi connectivity index (χ2n) is 5.86. The average molecular weight is 371 g/mol. The highest BCUT2D eigenvalue weighted by Crippen LogP contribution is 2.44. The number of carbonyl (C=O) groups excluding carboxylic acids is 1. The fourth-order valence-corrected chi connectivity index (χ4v) is 4.14. The summed E-state index contributed by atoms with van der Waals surface area (Å²) in [5.74, 6) is 0.795. The van der Waals surface area contributed by atoms with Gasteiger partial charge in [-0.05, 0) is 53.5 Å². The largest absolute Gasteiger partial charge is 0.497 e. The Morgan fingerprint density at radius 2 is 1.88 bits per heavy atom. The first-order valence-electron chi connectivity index (χ1n) is 7.85. The van der Waals surface area contributed by atoms with E-state index in [-0.39, 0.29) is 11.8 Å². The molecule has 0 radical (unpaired) electrons. The number of rotatable bonds is 3. The first kappa shape index (κ1) is 16.1. The van der Waals surface area contributed by atoms with E-state index < -0.39 is 0 Å². The van der Waals surface area contributed by atoms with Crippen LogP contribution in [0.3, 0.4) is 0 Å². The summed E-state index contributed by atoms with van der Waals surface area (Å²) in [6, 6.07) is 15.3. The third-order valence-corrected chi connectivity index (χ3v) is 5.54. The summed E-state index contributed by atoms with van der Waals surface area (Å²) in [5.41, 5.74) is 3.64. The number of nitrogens with zero attached hydrogens (tertiary/aromatic N) is 1. The molecule has 4 rings (SSSR count). The molecule has 126 valence electrons. The zero-order valence-electron chi connectivity index (χ0n) is 13.5. The smallest absolute Gasteiger partial charge is 0.225 e. The number of aromatic nitrogens is 1. The second-order valence-corrected chi connectivity index (χ2v) is 7.10. The van der Waals surface area contributed by atoms with E-state index in [0.29, 0.717) is 11.4 Å². The van der Waals surface area contributed by atoms with Gasteiger partial charge in [-0.15, -0.1) is 0 Å². The zero-order chi connectivity index (χ0) is 17.4. The van der Waals surface area contributed by atoms with Gasteiger partial charge in [0.2, 0.25) is 5.91 Å². The predicted octanol–water partition coefficient (Wildman–Crippen LogP) is 4.95. The highest BCUT2D eigenvalue weighted by atomic mass is 35.5. The third kappa shape index (κ3) is 3.01. The van der Waals surface area contributed by atoms with Crippen molar-refractivity contribution in [2.45, 2.75) is 12.3 Å². The van der Waals surface area contributed by atoms with Crippen LogP contribution in [0.25, 0.3) is 11.3 Å². The number of hydrogen-bond donors (Lipinski definition) is 1. The van der Waals surface area contributed by atoms with Crippen molar-refractivity contribution in [1.82, 2.24) is 4.37 Å². The molecule has 2 aromatic carbocycles. The maximum absolute atomic E-state index is 12.3. The fraction of sp³-hybridized carbons (Fsp3) is 0.158. The Balaban J connectivity index is 1.76. The number of ether oxygens (including phenoxy) is 1. The summed E-state index contributed by atoms with van der Waals surface area (Å²) in [6.07, 6.45) is 0.416. The van der Waals surface area contributed by atoms with Crippen LogP contribution in [0.15, 0.2) is 48.5 Å². The summed E-state index contributed by atoms with van der Waals surface area (Å²) in [6.45, 7) is 0. The van der Waals surface area contributed by atoms with Gasteiger partial charge in [-0.1, -0.05) is 23.7 Å². The molecule has 0 unspecified atom stereocenters. The van der Waals surface area contributed by atoms with Crippen LogP contribution < -0.4 is 10.1 Å². The van der Waals surface area contributed by atoms with Gasteiger partial charge in [-0.25, -0.2) is 0 Å². The molecule has 2 heterocycles. The maximum atomic E-state index is 12.3. The summed E-state index contributed by atoms with van der Waals surface area (Å²) >= 11 is 7.43. The minimum absolute atomic E-state index is 0.00223. The molecule has 1 aliphatic rings. The SMILES string of the molecule is COc1ccc(-c2nsc3c2NC(=O)C[C@H]3c2ccc(Cl)cc2)cc1. The minimum atomic E-state index is 0.00223. The average Bonchev–Trinajstić information content (AvgIpc) is 3.05. The normalized spacial score (nSPS) is 16.2. The topological polar surface area (TPSA) is 51.2 Å². The van der Waals surface area contributed by atoms with Gasteiger partial charge in [0.05, 0.1) is 17.7 Å². The maximum Gasteiger partial charge on any atom is 0.225 e. The highest BCUT2D eigenvalue weighted by Gasteiger charge is 2.31. The first-order valence-corrected chi connectivity index (χ1v) is 9.00. The van der Waals surface area contributed by atoms with Crippen molar-refractivity contribution < 1.29 is 9.53 Å². The molecule has 0 saturated carbocycles. The molecular formula is C19H15ClN2O2S. The van der Waals surface area contributed by atoms with Crippen LogP contribution >= 0.6 is 23.1 Å². The van der Waals surface area contributed by atoms with Crippen LogP contribution in [0.2, 0.25) is 5.02 Å². The monoisotopic (exact) mass is 370 g/mol. The molecular weight excluding hydrogens is 356 g/mol. The Kier molecular flexibility index (Phi) is 4.19. The van der Waals surface area contributed by atoms with E-state index in [1.165, 1.54) is 11.5 Å². The molecule has 0 spiro atoms. The summed E-state index contributed by atoms with van der Waals surface area (Å²) in [7, 11) is 1.64. The molecule has 3 aromatic rings. The molecule has 0 saturated heterocycles. The van der Waals surface area contributed by atoms with Crippen LogP contribution in [0.1, 0.15) is 22.8 Å². The van der Waals surface area contributed by atoms with Crippen molar-refractivity contribution in [2.24, 2.45) is 0 Å². The molecule has 0 aliphatic carbocycles. The first-order chi connectivity index (χ1) is 12.2. The van der Waals surface area contributed by atoms with Crippen LogP contribution in [0.5, 0.6) is 5.75 Å². The Labute approximate surface area is 154 Å². The lowest BCUT2D eigenvalue weighted by molar-refractivity contribution is -0.116. The zero-order valence-corrected chi connectivity index (χ0v) is 15.0. The Morgan fingerprint density at radius 3 is 2.56 bits per heavy atom. The van der Waals surface area contributed by atoms with Crippen molar-refractivity contribution in [3.8, 4) is 17.0 Å². The van der Waals surface area contributed by atoms with Gasteiger partial charge in [0.1, 0.15) is 11.4 Å². The van der Waals surface area contributed by atoms with Gasteiger partial charge in [-0.3, -0.25) is 4.79 Å². The quantitative estimate of drug-likeness (QED) is 0.710. The standard InChI is InChI=1S/C19H15ClN2O2S/c1-24-14-8-4-12(5-9-14)17-18-19(25-22-17)15(10-16(23)21-18)11-2-6-13(20)7-3-11/h2-9,15H,10H2,1H3,(H,21,23)/t15-/m0/s1. The number of anilines is 1. The van der Waals surface area contributed by atoms with Crippen LogP contribution in [0.4, 0.5) is 5.69 Å². The van der Waals surface area contributed by atoms with Gasteiger partial charge in [0.15, 0.2) is 0 Å². The molecule has 0 fully saturated rings. The van der Waals surface area contributed by atoms with Crippen molar-refractivity contribution in [1.29, 1.82) is 0 Å². The van der Waals surface area contributed by atoms with Crippen LogP contribution in [-0.4, -0.2) is 17.4 Å². The van der Waals surface area contributed by atoms with Crippen molar-refractivity contribution >= 4 is 34.7 Å². The number of methoxy groups -OCH3 is 1. The second kappa shape index (κ2) is 6.50. The number of benzene rings is 2. The molecule has 1 atom stereocenters. The molecule has 1 amide bonds. The summed E-state index contributed by atoms with van der Waals surface area (Å²) in [4.78, 5) is 13.4. The van der Waals surface area contributed by atoms with E-state index >= 15 is 0 Å². The summed E-state index contributed by atoms with van der Waals surface area (Å²) in [5, 5.41) is 3.69. The van der Waals surface area contributed by atoms with E-state index in [1.54, 1.807) is 7.11 Å². The van der Waals surface area contributed by atoms with Gasteiger partial charge in [0.25, 0.3) is 0 Å². The fourth-order valence-electron chi connectivity index (χ4n) is 3.04. The Bertz CT molecular complexity index is 920. The van der Waals surface area contributed by atoms with Crippen molar-refractivity contribution in [3.05, 3.63) is 64.0 Å². The number of amides is 1. The number of halogens is 1. The number of fused-ring (bicyclic) bond motifs is 1. The molecule has 1 aromatic heterocycles. The molecule has 25 heavy (non-hydrogen) atoms. The third-order valence-electron chi connectivity index (χ3n) is 4.32. The Hall–Kier alpha value is -2.37. The lowest BCUT2D eigenvalue weighted by Gasteiger charge is -2.23. The van der Waals surface area contributed by atoms with E-state index in [0.717, 1.165) is 33.1 Å². The lowest BCUT2D eigenvalue weighted by Crippen LogP contribution is -2.22. The van der Waals surface area contributed by atoms with Gasteiger partial charge in [-0.2, -0.15) is 4.37 Å². The number of carbonyl (C=O) groups is 1. The van der Waals surface area contributed by atoms with Crippen molar-refractivity contribution in [3.63, 3.8) is 0 Å². The van der Waals surface area contributed by atoms with Crippen molar-refractivity contribution in [2.75, 3.05) is 12.4 Å². The molecule has 6 heteroatoms. The van der Waals surface area contributed by atoms with E-state index in [9.17, 15) is 4.79 Å². The van der Waals surface area contributed by atoms with Gasteiger partial charge >= 0.3 is 0 Å². The van der Waals surface area contributed by atoms with Crippen LogP contribution in [-0.2, 0) is 4.79 Å². The van der Waals surface area contributed by atoms with Crippen LogP contribution in [0, 0.1) is 0 Å². The number of hydrogen-bond acceptors (Lipinski definition) is 4. The Morgan fingerprint density at radius 1 is 1.16 bits per heavy atom. The highest BCUT2D eigenvalue weighted by molar-refractivity contribution is 7.07. The van der Waals surface area contributed by atoms with E-state index in [4.69, 9.17) is 16.3 Å². The van der Waals surface area contributed by atoms with Gasteiger partial charge < -0.3 is 10.1 Å². The van der Waals surface area contributed by atoms with E-state index in [1.807, 2.05) is 48.5 Å². The lowest BCUT2D eigenvalue weighted by atomic mass is 9.89. The summed E-state index contributed by atoms with van der Waals surface area (Å²) < 4.78 is 9.81. The molecule has 1 aliphatic heterocycles. The van der Waals surface area contributed by atoms with Gasteiger partial charge in [0, 0.05) is 22.9 Å². The molecule has 0 bridgehead atoms. The van der Waals surface area contributed by atoms with E-state index in [2.05, 4.69) is 9.69 Å².